The molecule has 3 aliphatic rings. The van der Waals surface area contributed by atoms with Crippen LogP contribution in [0.15, 0.2) is 16.8 Å². The van der Waals surface area contributed by atoms with Gasteiger partial charge in [0, 0.05) is 37.0 Å². The van der Waals surface area contributed by atoms with Crippen molar-refractivity contribution < 1.29 is 18.8 Å². The lowest BCUT2D eigenvalue weighted by atomic mass is 9.77. The molecule has 1 saturated carbocycles. The molecular weight excluding hydrogens is 298 g/mol. The number of amides is 2. The molecular formula is C16H21N3O4. The first-order valence-corrected chi connectivity index (χ1v) is 8.25. The number of carbonyl (C=O) groups excluding carboxylic acids is 2. The topological polar surface area (TPSA) is 84.7 Å². The molecule has 2 amide bonds. The Kier molecular flexibility index (Phi) is 3.60. The van der Waals surface area contributed by atoms with Crippen LogP contribution in [0.1, 0.15) is 36.2 Å². The van der Waals surface area contributed by atoms with Crippen molar-refractivity contribution in [3.8, 4) is 0 Å². The number of nitrogens with zero attached hydrogens (tertiary/aromatic N) is 2. The third-order valence-corrected chi connectivity index (χ3v) is 5.25. The standard InChI is InChI=1S/C16H21N3O4/c20-14(11-2-1-3-11)17-7-12-6-16(10-22-12)8-19(9-16)15(21)13-4-5-18-23-13/h4-5,11-12H,1-3,6-10H2,(H,17,20). The zero-order valence-corrected chi connectivity index (χ0v) is 13.0. The maximum absolute atomic E-state index is 12.1. The van der Waals surface area contributed by atoms with E-state index in [2.05, 4.69) is 10.5 Å². The van der Waals surface area contributed by atoms with Gasteiger partial charge in [0.15, 0.2) is 0 Å². The van der Waals surface area contributed by atoms with Crippen LogP contribution < -0.4 is 5.32 Å². The summed E-state index contributed by atoms with van der Waals surface area (Å²) in [6, 6.07) is 1.58. The molecule has 0 radical (unpaired) electrons. The van der Waals surface area contributed by atoms with E-state index in [-0.39, 0.29) is 35.0 Å². The zero-order chi connectivity index (χ0) is 15.9. The molecule has 0 bridgehead atoms. The van der Waals surface area contributed by atoms with Gasteiger partial charge in [-0.1, -0.05) is 11.6 Å². The van der Waals surface area contributed by atoms with Crippen LogP contribution in [0.25, 0.3) is 0 Å². The lowest BCUT2D eigenvalue weighted by Crippen LogP contribution is -2.59. The molecule has 23 heavy (non-hydrogen) atoms. The number of ether oxygens (including phenoxy) is 1. The third kappa shape index (κ3) is 2.73. The Morgan fingerprint density at radius 1 is 1.39 bits per heavy atom. The first-order chi connectivity index (χ1) is 11.2. The van der Waals surface area contributed by atoms with Crippen molar-refractivity contribution in [2.75, 3.05) is 26.2 Å². The van der Waals surface area contributed by atoms with Crippen LogP contribution in [0, 0.1) is 11.3 Å². The number of hydrogen-bond acceptors (Lipinski definition) is 5. The lowest BCUT2D eigenvalue weighted by molar-refractivity contribution is -0.127. The molecule has 1 aromatic heterocycles. The molecule has 4 rings (SSSR count). The minimum absolute atomic E-state index is 0.0432. The molecule has 0 aromatic carbocycles. The molecule has 1 spiro atoms. The van der Waals surface area contributed by atoms with Crippen molar-refractivity contribution in [2.45, 2.75) is 31.8 Å². The van der Waals surface area contributed by atoms with E-state index in [1.807, 2.05) is 0 Å². The number of nitrogens with one attached hydrogen (secondary N) is 1. The molecule has 1 atom stereocenters. The van der Waals surface area contributed by atoms with Crippen molar-refractivity contribution in [3.63, 3.8) is 0 Å². The van der Waals surface area contributed by atoms with Gasteiger partial charge in [0.25, 0.3) is 5.91 Å². The van der Waals surface area contributed by atoms with Gasteiger partial charge in [0.1, 0.15) is 0 Å². The van der Waals surface area contributed by atoms with Crippen LogP contribution in [0.4, 0.5) is 0 Å². The largest absolute Gasteiger partial charge is 0.376 e. The lowest BCUT2D eigenvalue weighted by Gasteiger charge is -2.46. The van der Waals surface area contributed by atoms with Crippen molar-refractivity contribution in [1.82, 2.24) is 15.4 Å². The number of hydrogen-bond donors (Lipinski definition) is 1. The summed E-state index contributed by atoms with van der Waals surface area (Å²) in [7, 11) is 0. The van der Waals surface area contributed by atoms with Crippen LogP contribution in [-0.2, 0) is 9.53 Å². The van der Waals surface area contributed by atoms with Crippen LogP contribution in [0.2, 0.25) is 0 Å². The maximum Gasteiger partial charge on any atom is 0.292 e. The second kappa shape index (κ2) is 5.63. The molecule has 1 N–H and O–H groups in total. The van der Waals surface area contributed by atoms with E-state index in [0.717, 1.165) is 25.7 Å². The summed E-state index contributed by atoms with van der Waals surface area (Å²) >= 11 is 0. The second-order valence-electron chi connectivity index (χ2n) is 7.05. The first kappa shape index (κ1) is 14.7. The van der Waals surface area contributed by atoms with Crippen molar-refractivity contribution in [2.24, 2.45) is 11.3 Å². The molecule has 2 aliphatic heterocycles. The molecule has 1 aliphatic carbocycles. The van der Waals surface area contributed by atoms with E-state index in [1.165, 1.54) is 6.20 Å². The van der Waals surface area contributed by atoms with E-state index >= 15 is 0 Å². The highest BCUT2D eigenvalue weighted by Crippen LogP contribution is 2.41. The summed E-state index contributed by atoms with van der Waals surface area (Å²) in [6.07, 6.45) is 5.61. The van der Waals surface area contributed by atoms with E-state index in [1.54, 1.807) is 11.0 Å². The summed E-state index contributed by atoms with van der Waals surface area (Å²) in [5.41, 5.74) is 0.0432. The smallest absolute Gasteiger partial charge is 0.292 e. The van der Waals surface area contributed by atoms with Gasteiger partial charge >= 0.3 is 0 Å². The highest BCUT2D eigenvalue weighted by molar-refractivity contribution is 5.92. The van der Waals surface area contributed by atoms with Crippen molar-refractivity contribution >= 4 is 11.8 Å². The van der Waals surface area contributed by atoms with Crippen LogP contribution in [0.3, 0.4) is 0 Å². The Labute approximate surface area is 134 Å². The molecule has 7 heteroatoms. The van der Waals surface area contributed by atoms with E-state index in [0.29, 0.717) is 26.2 Å². The van der Waals surface area contributed by atoms with E-state index < -0.39 is 0 Å². The fourth-order valence-electron chi connectivity index (χ4n) is 3.67. The fourth-order valence-corrected chi connectivity index (χ4v) is 3.67. The highest BCUT2D eigenvalue weighted by Gasteiger charge is 2.51. The summed E-state index contributed by atoms with van der Waals surface area (Å²) in [6.45, 7) is 2.59. The summed E-state index contributed by atoms with van der Waals surface area (Å²) in [5.74, 6) is 0.540. The quantitative estimate of drug-likeness (QED) is 0.888. The molecule has 7 nitrogen and oxygen atoms in total. The van der Waals surface area contributed by atoms with Crippen LogP contribution >= 0.6 is 0 Å². The van der Waals surface area contributed by atoms with Crippen LogP contribution in [0.5, 0.6) is 0 Å². The van der Waals surface area contributed by atoms with Gasteiger partial charge < -0.3 is 19.5 Å². The molecule has 1 unspecified atom stereocenters. The predicted molar refractivity (Wildman–Crippen MR) is 79.5 cm³/mol. The Balaban J connectivity index is 1.23. The molecule has 1 aromatic rings. The van der Waals surface area contributed by atoms with E-state index in [4.69, 9.17) is 9.26 Å². The van der Waals surface area contributed by atoms with Crippen LogP contribution in [-0.4, -0.2) is 54.2 Å². The second-order valence-corrected chi connectivity index (χ2v) is 7.05. The summed E-state index contributed by atoms with van der Waals surface area (Å²) in [4.78, 5) is 25.8. The predicted octanol–water partition coefficient (Wildman–Crippen LogP) is 0.822. The summed E-state index contributed by atoms with van der Waals surface area (Å²) < 4.78 is 10.7. The molecule has 2 saturated heterocycles. The van der Waals surface area contributed by atoms with Gasteiger partial charge in [-0.15, -0.1) is 0 Å². The zero-order valence-electron chi connectivity index (χ0n) is 13.0. The van der Waals surface area contributed by atoms with Gasteiger partial charge in [-0.2, -0.15) is 0 Å². The van der Waals surface area contributed by atoms with Gasteiger partial charge in [0.2, 0.25) is 11.7 Å². The van der Waals surface area contributed by atoms with Crippen molar-refractivity contribution in [3.05, 3.63) is 18.0 Å². The summed E-state index contributed by atoms with van der Waals surface area (Å²) in [5, 5.41) is 6.57. The number of carbonyl (C=O) groups is 2. The average molecular weight is 319 g/mol. The first-order valence-electron chi connectivity index (χ1n) is 8.25. The SMILES string of the molecule is O=C(NCC1CC2(CO1)CN(C(=O)c1ccno1)C2)C1CCC1. The monoisotopic (exact) mass is 319 g/mol. The Bertz CT molecular complexity index is 590. The Morgan fingerprint density at radius 2 is 2.22 bits per heavy atom. The highest BCUT2D eigenvalue weighted by atomic mass is 16.5. The Morgan fingerprint density at radius 3 is 2.87 bits per heavy atom. The minimum Gasteiger partial charge on any atom is -0.376 e. The minimum atomic E-state index is -0.116. The average Bonchev–Trinajstić information content (AvgIpc) is 3.10. The van der Waals surface area contributed by atoms with Gasteiger partial charge in [-0.25, -0.2) is 0 Å². The molecule has 124 valence electrons. The number of rotatable bonds is 4. The van der Waals surface area contributed by atoms with Gasteiger partial charge in [-0.05, 0) is 19.3 Å². The third-order valence-electron chi connectivity index (χ3n) is 5.25. The van der Waals surface area contributed by atoms with Crippen molar-refractivity contribution in [1.29, 1.82) is 0 Å². The number of likely N-dealkylation sites (tertiary alicyclic amines) is 1. The van der Waals surface area contributed by atoms with Gasteiger partial charge in [-0.3, -0.25) is 9.59 Å². The normalized spacial score (nSPS) is 25.9. The number of aromatic nitrogens is 1. The van der Waals surface area contributed by atoms with E-state index in [9.17, 15) is 9.59 Å². The van der Waals surface area contributed by atoms with Gasteiger partial charge in [0.05, 0.1) is 18.9 Å². The maximum atomic E-state index is 12.1. The Hall–Kier alpha value is -1.89. The molecule has 3 heterocycles. The fraction of sp³-hybridized carbons (Fsp3) is 0.688. The molecule has 3 fully saturated rings.